The standard InChI is InChI=1S/C20H24O3S/c1-2-3-4-14-24(21,22)23-18-11-5-10-17(15-18)20-13-7-9-16-8-6-12-19(16)20/h5,7,9-11,13,15H,2-4,6,8,12,14H2,1H3. The topological polar surface area (TPSA) is 43.4 Å². The Hall–Kier alpha value is -1.81. The minimum absolute atomic E-state index is 0.0752. The molecule has 0 saturated carbocycles. The van der Waals surface area contributed by atoms with Crippen molar-refractivity contribution in [1.82, 2.24) is 0 Å². The van der Waals surface area contributed by atoms with Crippen molar-refractivity contribution in [2.24, 2.45) is 0 Å². The van der Waals surface area contributed by atoms with Gasteiger partial charge in [0.2, 0.25) is 0 Å². The van der Waals surface area contributed by atoms with Crippen molar-refractivity contribution in [1.29, 1.82) is 0 Å². The van der Waals surface area contributed by atoms with Crippen molar-refractivity contribution in [2.45, 2.75) is 45.4 Å². The van der Waals surface area contributed by atoms with Gasteiger partial charge in [-0.25, -0.2) is 0 Å². The molecule has 0 spiro atoms. The maximum Gasteiger partial charge on any atom is 0.309 e. The third-order valence-electron chi connectivity index (χ3n) is 4.51. The summed E-state index contributed by atoms with van der Waals surface area (Å²) in [5.41, 5.74) is 5.01. The summed E-state index contributed by atoms with van der Waals surface area (Å²) in [6.07, 6.45) is 5.94. The SMILES string of the molecule is CCCCCS(=O)(=O)Oc1cccc(-c2cccc3c2CCC3)c1. The zero-order valence-corrected chi connectivity index (χ0v) is 14.9. The van der Waals surface area contributed by atoms with Gasteiger partial charge < -0.3 is 4.18 Å². The summed E-state index contributed by atoms with van der Waals surface area (Å²) in [5, 5.41) is 0. The molecule has 0 heterocycles. The van der Waals surface area contributed by atoms with Crippen molar-refractivity contribution in [3.63, 3.8) is 0 Å². The Bertz CT molecular complexity index is 809. The number of rotatable bonds is 7. The van der Waals surface area contributed by atoms with Crippen LogP contribution in [0, 0.1) is 0 Å². The van der Waals surface area contributed by atoms with Crippen LogP contribution in [0.1, 0.15) is 43.7 Å². The molecule has 0 atom stereocenters. The monoisotopic (exact) mass is 344 g/mol. The predicted molar refractivity (Wildman–Crippen MR) is 97.8 cm³/mol. The first-order valence-electron chi connectivity index (χ1n) is 8.72. The second kappa shape index (κ2) is 7.39. The fourth-order valence-corrected chi connectivity index (χ4v) is 4.36. The largest absolute Gasteiger partial charge is 0.382 e. The van der Waals surface area contributed by atoms with E-state index in [0.717, 1.165) is 31.2 Å². The number of fused-ring (bicyclic) bond motifs is 1. The number of hydrogen-bond donors (Lipinski definition) is 0. The van der Waals surface area contributed by atoms with Gasteiger partial charge >= 0.3 is 10.1 Å². The molecule has 0 amide bonds. The lowest BCUT2D eigenvalue weighted by molar-refractivity contribution is 0.483. The first kappa shape index (κ1) is 17.0. The van der Waals surface area contributed by atoms with Gasteiger partial charge in [0.15, 0.2) is 0 Å². The van der Waals surface area contributed by atoms with Crippen molar-refractivity contribution < 1.29 is 12.6 Å². The molecule has 24 heavy (non-hydrogen) atoms. The first-order chi connectivity index (χ1) is 11.6. The van der Waals surface area contributed by atoms with Gasteiger partial charge in [-0.15, -0.1) is 0 Å². The highest BCUT2D eigenvalue weighted by atomic mass is 32.2. The molecule has 2 aromatic rings. The minimum Gasteiger partial charge on any atom is -0.382 e. The summed E-state index contributed by atoms with van der Waals surface area (Å²) in [6, 6.07) is 13.8. The Kier molecular flexibility index (Phi) is 5.24. The van der Waals surface area contributed by atoms with Crippen LogP contribution in [0.25, 0.3) is 11.1 Å². The van der Waals surface area contributed by atoms with E-state index in [1.165, 1.54) is 23.1 Å². The van der Waals surface area contributed by atoms with E-state index >= 15 is 0 Å². The average molecular weight is 344 g/mol. The molecule has 0 saturated heterocycles. The van der Waals surface area contributed by atoms with E-state index in [1.807, 2.05) is 18.2 Å². The molecule has 0 aromatic heterocycles. The summed E-state index contributed by atoms with van der Waals surface area (Å²) < 4.78 is 29.5. The molecular formula is C20H24O3S. The van der Waals surface area contributed by atoms with Crippen molar-refractivity contribution in [3.8, 4) is 16.9 Å². The summed E-state index contributed by atoms with van der Waals surface area (Å²) in [7, 11) is -3.52. The minimum atomic E-state index is -3.52. The lowest BCUT2D eigenvalue weighted by Crippen LogP contribution is -2.13. The van der Waals surface area contributed by atoms with Crippen molar-refractivity contribution in [2.75, 3.05) is 5.75 Å². The zero-order valence-electron chi connectivity index (χ0n) is 14.1. The van der Waals surface area contributed by atoms with Crippen LogP contribution in [0.3, 0.4) is 0 Å². The second-order valence-electron chi connectivity index (χ2n) is 6.38. The zero-order chi connectivity index (χ0) is 17.0. The molecule has 2 aromatic carbocycles. The van der Waals surface area contributed by atoms with Crippen LogP contribution in [0.15, 0.2) is 42.5 Å². The van der Waals surface area contributed by atoms with Crippen molar-refractivity contribution >= 4 is 10.1 Å². The molecule has 0 N–H and O–H groups in total. The molecule has 4 heteroatoms. The van der Waals surface area contributed by atoms with Gasteiger partial charge in [0.05, 0.1) is 5.75 Å². The predicted octanol–water partition coefficient (Wildman–Crippen LogP) is 4.74. The number of aryl methyl sites for hydroxylation is 1. The fraction of sp³-hybridized carbons (Fsp3) is 0.400. The molecule has 0 unspecified atom stereocenters. The van der Waals surface area contributed by atoms with Crippen molar-refractivity contribution in [3.05, 3.63) is 53.6 Å². The van der Waals surface area contributed by atoms with Gasteiger partial charge in [-0.05, 0) is 60.1 Å². The van der Waals surface area contributed by atoms with Crippen LogP contribution in [-0.2, 0) is 23.0 Å². The smallest absolute Gasteiger partial charge is 0.309 e. The van der Waals surface area contributed by atoms with Gasteiger partial charge in [0, 0.05) is 0 Å². The van der Waals surface area contributed by atoms with Crippen LogP contribution in [0.5, 0.6) is 5.75 Å². The maximum absolute atomic E-state index is 12.1. The van der Waals surface area contributed by atoms with E-state index in [9.17, 15) is 8.42 Å². The van der Waals surface area contributed by atoms with E-state index in [1.54, 1.807) is 6.07 Å². The molecular weight excluding hydrogens is 320 g/mol. The third kappa shape index (κ3) is 3.99. The molecule has 128 valence electrons. The summed E-state index contributed by atoms with van der Waals surface area (Å²) >= 11 is 0. The normalized spacial score (nSPS) is 13.7. The molecule has 0 aliphatic heterocycles. The van der Waals surface area contributed by atoms with Crippen LogP contribution >= 0.6 is 0 Å². The Balaban J connectivity index is 1.82. The average Bonchev–Trinajstić information content (AvgIpc) is 3.03. The molecule has 1 aliphatic rings. The number of benzene rings is 2. The number of hydrogen-bond acceptors (Lipinski definition) is 3. The second-order valence-corrected chi connectivity index (χ2v) is 8.07. The summed E-state index contributed by atoms with van der Waals surface area (Å²) in [6.45, 7) is 2.05. The summed E-state index contributed by atoms with van der Waals surface area (Å²) in [5.74, 6) is 0.478. The molecule has 1 aliphatic carbocycles. The van der Waals surface area contributed by atoms with E-state index in [4.69, 9.17) is 4.18 Å². The van der Waals surface area contributed by atoms with Gasteiger partial charge in [-0.2, -0.15) is 8.42 Å². The Morgan fingerprint density at radius 3 is 2.71 bits per heavy atom. The molecule has 0 bridgehead atoms. The summed E-state index contributed by atoms with van der Waals surface area (Å²) in [4.78, 5) is 0. The lowest BCUT2D eigenvalue weighted by Gasteiger charge is -2.11. The van der Waals surface area contributed by atoms with Crippen LogP contribution in [0.4, 0.5) is 0 Å². The van der Waals surface area contributed by atoms with Gasteiger partial charge in [0.25, 0.3) is 0 Å². The highest BCUT2D eigenvalue weighted by Crippen LogP contribution is 2.33. The highest BCUT2D eigenvalue weighted by molar-refractivity contribution is 7.87. The highest BCUT2D eigenvalue weighted by Gasteiger charge is 2.17. The molecule has 0 fully saturated rings. The molecule has 3 nitrogen and oxygen atoms in total. The molecule has 0 radical (unpaired) electrons. The van der Waals surface area contributed by atoms with Gasteiger partial charge in [-0.1, -0.05) is 50.1 Å². The molecule has 3 rings (SSSR count). The van der Waals surface area contributed by atoms with Crippen LogP contribution in [0.2, 0.25) is 0 Å². The van der Waals surface area contributed by atoms with E-state index < -0.39 is 10.1 Å². The number of unbranched alkanes of at least 4 members (excludes halogenated alkanes) is 2. The van der Waals surface area contributed by atoms with E-state index in [-0.39, 0.29) is 5.75 Å². The van der Waals surface area contributed by atoms with Crippen LogP contribution in [-0.4, -0.2) is 14.2 Å². The first-order valence-corrected chi connectivity index (χ1v) is 10.3. The Morgan fingerprint density at radius 1 is 1.04 bits per heavy atom. The van der Waals surface area contributed by atoms with E-state index in [2.05, 4.69) is 25.1 Å². The maximum atomic E-state index is 12.1. The fourth-order valence-electron chi connectivity index (χ4n) is 3.32. The third-order valence-corrected chi connectivity index (χ3v) is 5.75. The Morgan fingerprint density at radius 2 is 1.88 bits per heavy atom. The quantitative estimate of drug-likeness (QED) is 0.538. The lowest BCUT2D eigenvalue weighted by atomic mass is 9.97. The van der Waals surface area contributed by atoms with Crippen LogP contribution < -0.4 is 4.18 Å². The van der Waals surface area contributed by atoms with Gasteiger partial charge in [0.1, 0.15) is 5.75 Å². The van der Waals surface area contributed by atoms with E-state index in [0.29, 0.717) is 12.2 Å². The Labute approximate surface area is 144 Å². The van der Waals surface area contributed by atoms with Gasteiger partial charge in [-0.3, -0.25) is 0 Å².